The van der Waals surface area contributed by atoms with Gasteiger partial charge in [0.1, 0.15) is 0 Å². The van der Waals surface area contributed by atoms with E-state index in [0.29, 0.717) is 24.0 Å². The molecule has 0 saturated carbocycles. The normalized spacial score (nSPS) is 18.6. The lowest BCUT2D eigenvalue weighted by molar-refractivity contribution is 0.0134. The van der Waals surface area contributed by atoms with Crippen LogP contribution < -0.4 is 15.4 Å². The van der Waals surface area contributed by atoms with Gasteiger partial charge >= 0.3 is 6.01 Å². The third-order valence-electron chi connectivity index (χ3n) is 3.20. The Bertz CT molecular complexity index is 435. The van der Waals surface area contributed by atoms with Gasteiger partial charge in [0.05, 0.1) is 12.2 Å². The highest BCUT2D eigenvalue weighted by molar-refractivity contribution is 5.35. The lowest BCUT2D eigenvalue weighted by Gasteiger charge is -2.22. The molecule has 2 rings (SSSR count). The number of rotatable bonds is 7. The summed E-state index contributed by atoms with van der Waals surface area (Å²) in [7, 11) is 1.77. The van der Waals surface area contributed by atoms with E-state index in [9.17, 15) is 0 Å². The summed E-state index contributed by atoms with van der Waals surface area (Å²) in [6, 6.07) is 0.334. The second-order valence-electron chi connectivity index (χ2n) is 5.39. The molecule has 1 aromatic heterocycles. The maximum Gasteiger partial charge on any atom is 0.323 e. The first-order valence-corrected chi connectivity index (χ1v) is 7.63. The van der Waals surface area contributed by atoms with Crippen LogP contribution in [0.4, 0.5) is 11.9 Å². The topological polar surface area (TPSA) is 81.2 Å². The van der Waals surface area contributed by atoms with Gasteiger partial charge in [-0.25, -0.2) is 0 Å². The standard InChI is InChI=1S/C14H25N5O2/c1-10(2)21-14-18-12(15-3)17-13(19-14)16-8-7-11-6-4-5-9-20-11/h10-11H,4-9H2,1-3H3,(H2,15,16,17,18,19). The van der Waals surface area contributed by atoms with E-state index in [1.54, 1.807) is 7.05 Å². The molecular formula is C14H25N5O2. The summed E-state index contributed by atoms with van der Waals surface area (Å²) in [5.41, 5.74) is 0. The zero-order valence-electron chi connectivity index (χ0n) is 13.1. The predicted octanol–water partition coefficient (Wildman–Crippen LogP) is 2.07. The lowest BCUT2D eigenvalue weighted by Crippen LogP contribution is -2.22. The minimum Gasteiger partial charge on any atom is -0.461 e. The second-order valence-corrected chi connectivity index (χ2v) is 5.39. The molecule has 21 heavy (non-hydrogen) atoms. The van der Waals surface area contributed by atoms with E-state index in [-0.39, 0.29) is 6.10 Å². The van der Waals surface area contributed by atoms with Crippen LogP contribution in [0.15, 0.2) is 0 Å². The molecule has 1 atom stereocenters. The van der Waals surface area contributed by atoms with Crippen LogP contribution in [-0.2, 0) is 4.74 Å². The van der Waals surface area contributed by atoms with Crippen molar-refractivity contribution >= 4 is 11.9 Å². The molecule has 0 aromatic carbocycles. The first kappa shape index (κ1) is 15.8. The first-order chi connectivity index (χ1) is 10.2. The second kappa shape index (κ2) is 7.97. The summed E-state index contributed by atoms with van der Waals surface area (Å²) in [5, 5.41) is 6.13. The van der Waals surface area contributed by atoms with Crippen LogP contribution in [0, 0.1) is 0 Å². The molecule has 1 aliphatic rings. The number of nitrogens with zero attached hydrogens (tertiary/aromatic N) is 3. The summed E-state index contributed by atoms with van der Waals surface area (Å²) in [6.45, 7) is 5.54. The van der Waals surface area contributed by atoms with Crippen LogP contribution in [0.2, 0.25) is 0 Å². The zero-order valence-corrected chi connectivity index (χ0v) is 13.1. The summed E-state index contributed by atoms with van der Waals surface area (Å²) in [5.74, 6) is 1.03. The average molecular weight is 295 g/mol. The van der Waals surface area contributed by atoms with Crippen LogP contribution in [-0.4, -0.2) is 47.4 Å². The molecule has 1 saturated heterocycles. The SMILES string of the molecule is CNc1nc(NCCC2CCCCO2)nc(OC(C)C)n1. The highest BCUT2D eigenvalue weighted by Crippen LogP contribution is 2.16. The third kappa shape index (κ3) is 5.34. The molecular weight excluding hydrogens is 270 g/mol. The van der Waals surface area contributed by atoms with E-state index in [2.05, 4.69) is 25.6 Å². The summed E-state index contributed by atoms with van der Waals surface area (Å²) < 4.78 is 11.2. The maximum atomic E-state index is 5.71. The van der Waals surface area contributed by atoms with Crippen LogP contribution in [0.1, 0.15) is 39.5 Å². The third-order valence-corrected chi connectivity index (χ3v) is 3.20. The molecule has 118 valence electrons. The first-order valence-electron chi connectivity index (χ1n) is 7.63. The van der Waals surface area contributed by atoms with Crippen molar-refractivity contribution in [2.75, 3.05) is 30.8 Å². The Kier molecular flexibility index (Phi) is 5.98. The maximum absolute atomic E-state index is 5.71. The Labute approximate surface area is 125 Å². The summed E-state index contributed by atoms with van der Waals surface area (Å²) in [4.78, 5) is 12.7. The number of ether oxygens (including phenoxy) is 2. The van der Waals surface area contributed by atoms with E-state index in [4.69, 9.17) is 9.47 Å². The van der Waals surface area contributed by atoms with Crippen LogP contribution in [0.5, 0.6) is 6.01 Å². The Morgan fingerprint density at radius 3 is 2.71 bits per heavy atom. The quantitative estimate of drug-likeness (QED) is 0.797. The van der Waals surface area contributed by atoms with Crippen molar-refractivity contribution in [3.63, 3.8) is 0 Å². The number of hydrogen-bond donors (Lipinski definition) is 2. The molecule has 0 amide bonds. The fourth-order valence-electron chi connectivity index (χ4n) is 2.19. The van der Waals surface area contributed by atoms with Gasteiger partial charge in [-0.2, -0.15) is 15.0 Å². The molecule has 1 aliphatic heterocycles. The monoisotopic (exact) mass is 295 g/mol. The molecule has 1 unspecified atom stereocenters. The van der Waals surface area contributed by atoms with Gasteiger partial charge in [0, 0.05) is 20.2 Å². The molecule has 7 nitrogen and oxygen atoms in total. The van der Waals surface area contributed by atoms with Gasteiger partial charge in [-0.3, -0.25) is 0 Å². The van der Waals surface area contributed by atoms with E-state index < -0.39 is 0 Å². The number of nitrogens with one attached hydrogen (secondary N) is 2. The molecule has 2 N–H and O–H groups in total. The molecule has 1 fully saturated rings. The zero-order chi connectivity index (χ0) is 15.1. The lowest BCUT2D eigenvalue weighted by atomic mass is 10.1. The van der Waals surface area contributed by atoms with Gasteiger partial charge in [0.2, 0.25) is 11.9 Å². The Morgan fingerprint density at radius 2 is 2.05 bits per heavy atom. The van der Waals surface area contributed by atoms with Gasteiger partial charge in [0.25, 0.3) is 0 Å². The minimum atomic E-state index is 0.0283. The average Bonchev–Trinajstić information content (AvgIpc) is 2.47. The molecule has 0 aliphatic carbocycles. The predicted molar refractivity (Wildman–Crippen MR) is 81.8 cm³/mol. The highest BCUT2D eigenvalue weighted by atomic mass is 16.5. The van der Waals surface area contributed by atoms with Crippen LogP contribution >= 0.6 is 0 Å². The Morgan fingerprint density at radius 1 is 1.24 bits per heavy atom. The van der Waals surface area contributed by atoms with E-state index in [1.807, 2.05) is 13.8 Å². The summed E-state index contributed by atoms with van der Waals surface area (Å²) in [6.07, 6.45) is 4.92. The molecule has 0 bridgehead atoms. The van der Waals surface area contributed by atoms with Crippen molar-refractivity contribution in [2.45, 2.75) is 51.7 Å². The van der Waals surface area contributed by atoms with Crippen molar-refractivity contribution < 1.29 is 9.47 Å². The molecule has 2 heterocycles. The number of anilines is 2. The van der Waals surface area contributed by atoms with Gasteiger partial charge in [-0.15, -0.1) is 0 Å². The number of aromatic nitrogens is 3. The smallest absolute Gasteiger partial charge is 0.323 e. The minimum absolute atomic E-state index is 0.0283. The van der Waals surface area contributed by atoms with Gasteiger partial charge < -0.3 is 20.1 Å². The van der Waals surface area contributed by atoms with Gasteiger partial charge in [-0.1, -0.05) is 0 Å². The Hall–Kier alpha value is -1.63. The van der Waals surface area contributed by atoms with Crippen molar-refractivity contribution in [1.29, 1.82) is 0 Å². The Balaban J connectivity index is 1.88. The number of hydrogen-bond acceptors (Lipinski definition) is 7. The van der Waals surface area contributed by atoms with Gasteiger partial charge in [0.15, 0.2) is 0 Å². The van der Waals surface area contributed by atoms with Crippen LogP contribution in [0.3, 0.4) is 0 Å². The van der Waals surface area contributed by atoms with Gasteiger partial charge in [-0.05, 0) is 39.5 Å². The fraction of sp³-hybridized carbons (Fsp3) is 0.786. The highest BCUT2D eigenvalue weighted by Gasteiger charge is 2.14. The molecule has 0 radical (unpaired) electrons. The molecule has 7 heteroatoms. The largest absolute Gasteiger partial charge is 0.461 e. The fourth-order valence-corrected chi connectivity index (χ4v) is 2.19. The van der Waals surface area contributed by atoms with Crippen LogP contribution in [0.25, 0.3) is 0 Å². The van der Waals surface area contributed by atoms with E-state index in [1.165, 1.54) is 12.8 Å². The molecule has 1 aromatic rings. The van der Waals surface area contributed by atoms with Crippen molar-refractivity contribution in [2.24, 2.45) is 0 Å². The van der Waals surface area contributed by atoms with Crippen molar-refractivity contribution in [1.82, 2.24) is 15.0 Å². The van der Waals surface area contributed by atoms with E-state index in [0.717, 1.165) is 26.0 Å². The molecule has 0 spiro atoms. The van der Waals surface area contributed by atoms with Crippen molar-refractivity contribution in [3.05, 3.63) is 0 Å². The van der Waals surface area contributed by atoms with Crippen molar-refractivity contribution in [3.8, 4) is 6.01 Å². The summed E-state index contributed by atoms with van der Waals surface area (Å²) >= 11 is 0. The van der Waals surface area contributed by atoms with E-state index >= 15 is 0 Å².